The van der Waals surface area contributed by atoms with Crippen molar-refractivity contribution in [1.82, 2.24) is 0 Å². The van der Waals surface area contributed by atoms with E-state index in [1.807, 2.05) is 6.07 Å². The molecule has 0 radical (unpaired) electrons. The molecule has 0 aromatic heterocycles. The molecule has 1 N–H and O–H groups in total. The van der Waals surface area contributed by atoms with Crippen molar-refractivity contribution in [3.05, 3.63) is 63.7 Å². The number of ether oxygens (including phenoxy) is 2. The van der Waals surface area contributed by atoms with Crippen LogP contribution in [0.4, 0.5) is 5.69 Å². The molecule has 0 aliphatic carbocycles. The Labute approximate surface area is 137 Å². The van der Waals surface area contributed by atoms with E-state index in [1.165, 1.54) is 32.4 Å². The SMILES string of the molecule is COc1cc(OC)c([N+](=O)[O-])c(O)c1C(=O)C=Cc1ccccc1. The molecule has 0 unspecified atom stereocenters. The fraction of sp³-hybridized carbons (Fsp3) is 0.118. The maximum atomic E-state index is 12.4. The number of benzene rings is 2. The number of nitro groups is 1. The van der Waals surface area contributed by atoms with Gasteiger partial charge in [-0.3, -0.25) is 14.9 Å². The van der Waals surface area contributed by atoms with Gasteiger partial charge in [0.05, 0.1) is 19.1 Å². The fourth-order valence-corrected chi connectivity index (χ4v) is 2.16. The fourth-order valence-electron chi connectivity index (χ4n) is 2.16. The maximum Gasteiger partial charge on any atom is 0.353 e. The first kappa shape index (κ1) is 17.0. The molecule has 0 heterocycles. The summed E-state index contributed by atoms with van der Waals surface area (Å²) in [6, 6.07) is 10.2. The summed E-state index contributed by atoms with van der Waals surface area (Å²) in [5.74, 6) is -1.63. The van der Waals surface area contributed by atoms with E-state index in [4.69, 9.17) is 9.47 Å². The lowest BCUT2D eigenvalue weighted by atomic mass is 10.0. The van der Waals surface area contributed by atoms with Crippen LogP contribution < -0.4 is 9.47 Å². The van der Waals surface area contributed by atoms with Crippen LogP contribution in [0.5, 0.6) is 17.2 Å². The van der Waals surface area contributed by atoms with Crippen LogP contribution in [0.1, 0.15) is 15.9 Å². The quantitative estimate of drug-likeness (QED) is 0.378. The van der Waals surface area contributed by atoms with Crippen molar-refractivity contribution in [3.63, 3.8) is 0 Å². The number of ketones is 1. The average molecular weight is 329 g/mol. The van der Waals surface area contributed by atoms with Gasteiger partial charge in [0.2, 0.25) is 11.5 Å². The zero-order chi connectivity index (χ0) is 17.7. The molecule has 2 aromatic carbocycles. The van der Waals surface area contributed by atoms with Crippen molar-refractivity contribution in [2.24, 2.45) is 0 Å². The van der Waals surface area contributed by atoms with Gasteiger partial charge < -0.3 is 14.6 Å². The van der Waals surface area contributed by atoms with E-state index in [9.17, 15) is 20.0 Å². The molecule has 0 atom stereocenters. The molecule has 0 saturated carbocycles. The van der Waals surface area contributed by atoms with Gasteiger partial charge in [0.25, 0.3) is 0 Å². The van der Waals surface area contributed by atoms with Crippen LogP contribution in [0.15, 0.2) is 42.5 Å². The van der Waals surface area contributed by atoms with Gasteiger partial charge in [-0.15, -0.1) is 0 Å². The number of nitro benzene ring substituents is 1. The van der Waals surface area contributed by atoms with E-state index in [1.54, 1.807) is 24.3 Å². The molecule has 0 aliphatic rings. The highest BCUT2D eigenvalue weighted by Gasteiger charge is 2.30. The first-order valence-corrected chi connectivity index (χ1v) is 6.89. The predicted molar refractivity (Wildman–Crippen MR) is 87.7 cm³/mol. The highest BCUT2D eigenvalue weighted by atomic mass is 16.6. The molecular formula is C17H15NO6. The Morgan fingerprint density at radius 1 is 1.17 bits per heavy atom. The summed E-state index contributed by atoms with van der Waals surface area (Å²) in [6.45, 7) is 0. The van der Waals surface area contributed by atoms with Crippen LogP contribution in [-0.2, 0) is 0 Å². The van der Waals surface area contributed by atoms with Gasteiger partial charge in [0.15, 0.2) is 5.78 Å². The number of aromatic hydroxyl groups is 1. The number of carbonyl (C=O) groups excluding carboxylic acids is 1. The normalized spacial score (nSPS) is 10.6. The van der Waals surface area contributed by atoms with Gasteiger partial charge in [0.1, 0.15) is 11.3 Å². The Kier molecular flexibility index (Phi) is 5.16. The molecule has 7 heteroatoms. The Morgan fingerprint density at radius 2 is 1.79 bits per heavy atom. The van der Waals surface area contributed by atoms with Crippen molar-refractivity contribution < 1.29 is 24.3 Å². The number of carbonyl (C=O) groups is 1. The minimum absolute atomic E-state index is 0.0161. The first-order valence-electron chi connectivity index (χ1n) is 6.89. The van der Waals surface area contributed by atoms with E-state index < -0.39 is 22.1 Å². The predicted octanol–water partition coefficient (Wildman–Crippen LogP) is 3.21. The summed E-state index contributed by atoms with van der Waals surface area (Å²) < 4.78 is 9.94. The molecule has 0 bridgehead atoms. The zero-order valence-corrected chi connectivity index (χ0v) is 13.1. The highest BCUT2D eigenvalue weighted by Crippen LogP contribution is 2.44. The second-order valence-electron chi connectivity index (χ2n) is 4.72. The number of phenols is 1. The van der Waals surface area contributed by atoms with Gasteiger partial charge in [0, 0.05) is 6.07 Å². The zero-order valence-electron chi connectivity index (χ0n) is 13.1. The molecule has 2 aromatic rings. The molecule has 24 heavy (non-hydrogen) atoms. The average Bonchev–Trinajstić information content (AvgIpc) is 2.59. The number of methoxy groups -OCH3 is 2. The number of rotatable bonds is 6. The van der Waals surface area contributed by atoms with Crippen molar-refractivity contribution in [2.75, 3.05) is 14.2 Å². The number of hydrogen-bond donors (Lipinski definition) is 1. The molecule has 0 aliphatic heterocycles. The van der Waals surface area contributed by atoms with Crippen LogP contribution in [0.3, 0.4) is 0 Å². The van der Waals surface area contributed by atoms with E-state index in [0.717, 1.165) is 5.56 Å². The number of allylic oxidation sites excluding steroid dienone is 1. The Bertz CT molecular complexity index is 798. The van der Waals surface area contributed by atoms with E-state index in [0.29, 0.717) is 0 Å². The van der Waals surface area contributed by atoms with Gasteiger partial charge >= 0.3 is 5.69 Å². The smallest absolute Gasteiger partial charge is 0.353 e. The summed E-state index contributed by atoms with van der Waals surface area (Å²) >= 11 is 0. The molecular weight excluding hydrogens is 314 g/mol. The summed E-state index contributed by atoms with van der Waals surface area (Å²) in [5, 5.41) is 21.3. The Morgan fingerprint density at radius 3 is 2.33 bits per heavy atom. The largest absolute Gasteiger partial charge is 0.501 e. The number of phenolic OH excluding ortho intramolecular Hbond substituents is 1. The molecule has 2 rings (SSSR count). The molecule has 0 amide bonds. The summed E-state index contributed by atoms with van der Waals surface area (Å²) in [5.41, 5.74) is -0.209. The topological polar surface area (TPSA) is 98.9 Å². The minimum Gasteiger partial charge on any atom is -0.501 e. The molecule has 7 nitrogen and oxygen atoms in total. The van der Waals surface area contributed by atoms with Gasteiger partial charge in [-0.25, -0.2) is 0 Å². The third-order valence-corrected chi connectivity index (χ3v) is 3.30. The van der Waals surface area contributed by atoms with Crippen LogP contribution >= 0.6 is 0 Å². The Balaban J connectivity index is 2.52. The van der Waals surface area contributed by atoms with Crippen molar-refractivity contribution in [1.29, 1.82) is 0 Å². The highest BCUT2D eigenvalue weighted by molar-refractivity contribution is 6.11. The van der Waals surface area contributed by atoms with Gasteiger partial charge in [-0.2, -0.15) is 0 Å². The molecule has 0 saturated heterocycles. The van der Waals surface area contributed by atoms with Crippen LogP contribution in [0.25, 0.3) is 6.08 Å². The summed E-state index contributed by atoms with van der Waals surface area (Å²) in [7, 11) is 2.51. The minimum atomic E-state index is -0.814. The van der Waals surface area contributed by atoms with Crippen LogP contribution in [0.2, 0.25) is 0 Å². The lowest BCUT2D eigenvalue weighted by Crippen LogP contribution is -2.04. The van der Waals surface area contributed by atoms with Crippen molar-refractivity contribution in [3.8, 4) is 17.2 Å². The van der Waals surface area contributed by atoms with Crippen LogP contribution in [-0.4, -0.2) is 30.0 Å². The lowest BCUT2D eigenvalue weighted by Gasteiger charge is -2.11. The summed E-state index contributed by atoms with van der Waals surface area (Å²) in [4.78, 5) is 22.7. The molecule has 0 fully saturated rings. The number of hydrogen-bond acceptors (Lipinski definition) is 6. The molecule has 0 spiro atoms. The van der Waals surface area contributed by atoms with Crippen molar-refractivity contribution in [2.45, 2.75) is 0 Å². The Hall–Kier alpha value is -3.35. The van der Waals surface area contributed by atoms with Crippen molar-refractivity contribution >= 4 is 17.5 Å². The molecule has 124 valence electrons. The van der Waals surface area contributed by atoms with Crippen LogP contribution in [0, 0.1) is 10.1 Å². The second-order valence-corrected chi connectivity index (χ2v) is 4.72. The number of nitrogens with zero attached hydrogens (tertiary/aromatic N) is 1. The standard InChI is InChI=1S/C17H15NO6/c1-23-13-10-14(24-2)16(18(21)22)17(20)15(13)12(19)9-8-11-6-4-3-5-7-11/h3-10,20H,1-2H3. The lowest BCUT2D eigenvalue weighted by molar-refractivity contribution is -0.386. The van der Waals surface area contributed by atoms with E-state index in [2.05, 4.69) is 0 Å². The second kappa shape index (κ2) is 7.28. The monoisotopic (exact) mass is 329 g/mol. The maximum absolute atomic E-state index is 12.4. The van der Waals surface area contributed by atoms with E-state index >= 15 is 0 Å². The van der Waals surface area contributed by atoms with E-state index in [-0.39, 0.29) is 17.1 Å². The first-order chi connectivity index (χ1) is 11.5. The third-order valence-electron chi connectivity index (χ3n) is 3.30. The summed E-state index contributed by atoms with van der Waals surface area (Å²) in [6.07, 6.45) is 2.75. The third kappa shape index (κ3) is 3.35. The van der Waals surface area contributed by atoms with Gasteiger partial charge in [-0.05, 0) is 11.6 Å². The van der Waals surface area contributed by atoms with Gasteiger partial charge in [-0.1, -0.05) is 36.4 Å².